The molecule has 0 radical (unpaired) electrons. The Morgan fingerprint density at radius 3 is 2.48 bits per heavy atom. The lowest BCUT2D eigenvalue weighted by molar-refractivity contribution is -0.111. The van der Waals surface area contributed by atoms with Gasteiger partial charge in [0.2, 0.25) is 5.91 Å². The van der Waals surface area contributed by atoms with Crippen molar-refractivity contribution in [3.05, 3.63) is 59.8 Å². The van der Waals surface area contributed by atoms with Gasteiger partial charge in [0.15, 0.2) is 11.5 Å². The third-order valence-electron chi connectivity index (χ3n) is 2.44. The van der Waals surface area contributed by atoms with E-state index in [1.54, 1.807) is 0 Å². The molecule has 0 aliphatic heterocycles. The summed E-state index contributed by atoms with van der Waals surface area (Å²) in [6.45, 7) is 0. The molecule has 0 saturated carbocycles. The molecule has 0 aliphatic carbocycles. The van der Waals surface area contributed by atoms with Crippen molar-refractivity contribution >= 4 is 23.8 Å². The van der Waals surface area contributed by atoms with Gasteiger partial charge in [-0.2, -0.15) is 0 Å². The largest absolute Gasteiger partial charge is 0.476 e. The van der Waals surface area contributed by atoms with Gasteiger partial charge in [0.25, 0.3) is 0 Å². The Labute approximate surface area is 119 Å². The number of benzene rings is 1. The predicted molar refractivity (Wildman–Crippen MR) is 73.1 cm³/mol. The molecule has 1 amide bonds. The SMILES string of the molecule is O=C(C=Cc1ccc(F)cc1)Nc1nccnc1C(=O)O. The second-order valence-corrected chi connectivity index (χ2v) is 3.93. The molecule has 2 N–H and O–H groups in total. The molecule has 106 valence electrons. The molecule has 2 rings (SSSR count). The molecule has 0 fully saturated rings. The quantitative estimate of drug-likeness (QED) is 0.839. The van der Waals surface area contributed by atoms with Gasteiger partial charge in [-0.15, -0.1) is 0 Å². The Kier molecular flexibility index (Phi) is 4.35. The molecule has 1 aromatic carbocycles. The number of amides is 1. The number of hydrogen-bond donors (Lipinski definition) is 2. The molecule has 0 aliphatic rings. The van der Waals surface area contributed by atoms with Crippen molar-refractivity contribution in [1.29, 1.82) is 0 Å². The number of carbonyl (C=O) groups excluding carboxylic acids is 1. The third kappa shape index (κ3) is 3.93. The van der Waals surface area contributed by atoms with Crippen LogP contribution in [0, 0.1) is 5.82 Å². The van der Waals surface area contributed by atoms with Crippen molar-refractivity contribution in [2.45, 2.75) is 0 Å². The number of carboxylic acids is 1. The maximum atomic E-state index is 12.7. The van der Waals surface area contributed by atoms with Crippen molar-refractivity contribution in [1.82, 2.24) is 9.97 Å². The number of nitrogens with zero attached hydrogens (tertiary/aromatic N) is 2. The predicted octanol–water partition coefficient (Wildman–Crippen LogP) is 1.97. The monoisotopic (exact) mass is 287 g/mol. The number of hydrogen-bond acceptors (Lipinski definition) is 4. The van der Waals surface area contributed by atoms with Crippen molar-refractivity contribution in [3.8, 4) is 0 Å². The van der Waals surface area contributed by atoms with Gasteiger partial charge >= 0.3 is 5.97 Å². The summed E-state index contributed by atoms with van der Waals surface area (Å²) < 4.78 is 12.7. The lowest BCUT2D eigenvalue weighted by Crippen LogP contribution is -2.14. The number of aromatic carboxylic acids is 1. The highest BCUT2D eigenvalue weighted by molar-refractivity contribution is 6.04. The molecule has 0 bridgehead atoms. The summed E-state index contributed by atoms with van der Waals surface area (Å²) in [5, 5.41) is 11.2. The Morgan fingerprint density at radius 2 is 1.81 bits per heavy atom. The topological polar surface area (TPSA) is 92.2 Å². The molecule has 7 heteroatoms. The van der Waals surface area contributed by atoms with Crippen LogP contribution in [0.4, 0.5) is 10.2 Å². The van der Waals surface area contributed by atoms with Crippen LogP contribution in [0.5, 0.6) is 0 Å². The molecule has 0 spiro atoms. The van der Waals surface area contributed by atoms with Gasteiger partial charge in [-0.05, 0) is 23.8 Å². The Morgan fingerprint density at radius 1 is 1.14 bits per heavy atom. The number of halogens is 1. The molecule has 1 aromatic heterocycles. The van der Waals surface area contributed by atoms with Crippen molar-refractivity contribution in [2.75, 3.05) is 5.32 Å². The van der Waals surface area contributed by atoms with E-state index in [-0.39, 0.29) is 17.3 Å². The van der Waals surface area contributed by atoms with Crippen LogP contribution in [-0.2, 0) is 4.79 Å². The zero-order chi connectivity index (χ0) is 15.2. The van der Waals surface area contributed by atoms with E-state index in [4.69, 9.17) is 5.11 Å². The lowest BCUT2D eigenvalue weighted by atomic mass is 10.2. The summed E-state index contributed by atoms with van der Waals surface area (Å²) in [7, 11) is 0. The van der Waals surface area contributed by atoms with Crippen molar-refractivity contribution in [2.24, 2.45) is 0 Å². The van der Waals surface area contributed by atoms with Gasteiger partial charge in [0.05, 0.1) is 0 Å². The summed E-state index contributed by atoms with van der Waals surface area (Å²) in [5.41, 5.74) is 0.283. The lowest BCUT2D eigenvalue weighted by Gasteiger charge is -2.03. The molecule has 0 saturated heterocycles. The second-order valence-electron chi connectivity index (χ2n) is 3.93. The maximum absolute atomic E-state index is 12.7. The number of carbonyl (C=O) groups is 2. The Balaban J connectivity index is 2.08. The van der Waals surface area contributed by atoms with E-state index in [2.05, 4.69) is 15.3 Å². The highest BCUT2D eigenvalue weighted by atomic mass is 19.1. The van der Waals surface area contributed by atoms with Gasteiger partial charge in [-0.25, -0.2) is 19.2 Å². The third-order valence-corrected chi connectivity index (χ3v) is 2.44. The molecule has 6 nitrogen and oxygen atoms in total. The van der Waals surface area contributed by atoms with Crippen LogP contribution >= 0.6 is 0 Å². The van der Waals surface area contributed by atoms with E-state index >= 15 is 0 Å². The molecule has 0 atom stereocenters. The van der Waals surface area contributed by atoms with Crippen LogP contribution in [0.15, 0.2) is 42.7 Å². The van der Waals surface area contributed by atoms with Crippen LogP contribution in [0.1, 0.15) is 16.1 Å². The van der Waals surface area contributed by atoms with Crippen molar-refractivity contribution in [3.63, 3.8) is 0 Å². The Bertz CT molecular complexity index is 699. The summed E-state index contributed by atoms with van der Waals surface area (Å²) in [5.74, 6) is -2.37. The van der Waals surface area contributed by atoms with Gasteiger partial charge < -0.3 is 10.4 Å². The van der Waals surface area contributed by atoms with E-state index in [1.807, 2.05) is 0 Å². The van der Waals surface area contributed by atoms with Crippen LogP contribution in [0.2, 0.25) is 0 Å². The number of aromatic nitrogens is 2. The average molecular weight is 287 g/mol. The fraction of sp³-hybridized carbons (Fsp3) is 0. The first-order valence-electron chi connectivity index (χ1n) is 5.85. The molecular weight excluding hydrogens is 277 g/mol. The van der Waals surface area contributed by atoms with E-state index in [0.717, 1.165) is 0 Å². The standard InChI is InChI=1S/C14H10FN3O3/c15-10-4-1-9(2-5-10)3-6-11(19)18-13-12(14(20)21)16-7-8-17-13/h1-8H,(H,20,21)(H,17,18,19). The highest BCUT2D eigenvalue weighted by Crippen LogP contribution is 2.09. The summed E-state index contributed by atoms with van der Waals surface area (Å²) in [6, 6.07) is 5.54. The number of nitrogens with one attached hydrogen (secondary N) is 1. The smallest absolute Gasteiger partial charge is 0.358 e. The van der Waals surface area contributed by atoms with Crippen molar-refractivity contribution < 1.29 is 19.1 Å². The highest BCUT2D eigenvalue weighted by Gasteiger charge is 2.13. The fourth-order valence-electron chi connectivity index (χ4n) is 1.49. The minimum absolute atomic E-state index is 0.140. The minimum Gasteiger partial charge on any atom is -0.476 e. The zero-order valence-corrected chi connectivity index (χ0v) is 10.7. The second kappa shape index (κ2) is 6.38. The van der Waals surface area contributed by atoms with Gasteiger partial charge in [0, 0.05) is 18.5 Å². The molecular formula is C14H10FN3O3. The van der Waals surface area contributed by atoms with Crippen LogP contribution in [0.25, 0.3) is 6.08 Å². The average Bonchev–Trinajstić information content (AvgIpc) is 2.47. The van der Waals surface area contributed by atoms with Gasteiger partial charge in [-0.3, -0.25) is 4.79 Å². The van der Waals surface area contributed by atoms with Crippen LogP contribution in [0.3, 0.4) is 0 Å². The van der Waals surface area contributed by atoms with E-state index in [9.17, 15) is 14.0 Å². The minimum atomic E-state index is -1.29. The summed E-state index contributed by atoms with van der Waals surface area (Å²) in [4.78, 5) is 30.0. The fourth-order valence-corrected chi connectivity index (χ4v) is 1.49. The molecule has 0 unspecified atom stereocenters. The number of carboxylic acid groups (broad SMARTS) is 1. The van der Waals surface area contributed by atoms with E-state index in [0.29, 0.717) is 5.56 Å². The maximum Gasteiger partial charge on any atom is 0.358 e. The Hall–Kier alpha value is -3.09. The normalized spacial score (nSPS) is 10.5. The molecule has 2 aromatic rings. The van der Waals surface area contributed by atoms with E-state index in [1.165, 1.54) is 48.8 Å². The summed E-state index contributed by atoms with van der Waals surface area (Å²) in [6.07, 6.45) is 5.14. The van der Waals surface area contributed by atoms with Crippen LogP contribution < -0.4 is 5.32 Å². The van der Waals surface area contributed by atoms with Crippen LogP contribution in [-0.4, -0.2) is 27.0 Å². The summed E-state index contributed by atoms with van der Waals surface area (Å²) >= 11 is 0. The van der Waals surface area contributed by atoms with E-state index < -0.39 is 11.9 Å². The number of anilines is 1. The zero-order valence-electron chi connectivity index (χ0n) is 10.7. The first kappa shape index (κ1) is 14.3. The number of rotatable bonds is 4. The molecule has 1 heterocycles. The first-order valence-corrected chi connectivity index (χ1v) is 5.85. The molecule has 21 heavy (non-hydrogen) atoms. The van der Waals surface area contributed by atoms with Gasteiger partial charge in [-0.1, -0.05) is 12.1 Å². The first-order chi connectivity index (χ1) is 10.1. The van der Waals surface area contributed by atoms with Gasteiger partial charge in [0.1, 0.15) is 5.82 Å².